The van der Waals surface area contributed by atoms with E-state index in [1.165, 1.54) is 12.3 Å². The lowest BCUT2D eigenvalue weighted by Crippen LogP contribution is -2.30. The largest absolute Gasteiger partial charge is 0.349 e. The summed E-state index contributed by atoms with van der Waals surface area (Å²) in [5, 5.41) is 2.65. The summed E-state index contributed by atoms with van der Waals surface area (Å²) in [6, 6.07) is 9.50. The van der Waals surface area contributed by atoms with Crippen molar-refractivity contribution in [2.24, 2.45) is 0 Å². The molecule has 3 amide bonds. The van der Waals surface area contributed by atoms with Crippen molar-refractivity contribution in [1.82, 2.24) is 10.3 Å². The van der Waals surface area contributed by atoms with Crippen molar-refractivity contribution >= 4 is 23.4 Å². The van der Waals surface area contributed by atoms with Crippen molar-refractivity contribution < 1.29 is 14.4 Å². The average molecular weight is 307 g/mol. The molecular weight excluding hydrogens is 294 g/mol. The standard InChI is InChI=1S/C17H13N3O3/c1-2-8-19-15(21)11-5-3-6-12(10-11)20-16(22)13-7-4-9-18-14(13)17(20)23/h2-7,9-10H,1,8H2,(H,19,21). The van der Waals surface area contributed by atoms with Crippen LogP contribution < -0.4 is 10.2 Å². The first-order chi connectivity index (χ1) is 11.1. The number of hydrogen-bond donors (Lipinski definition) is 1. The molecule has 1 N–H and O–H groups in total. The van der Waals surface area contributed by atoms with E-state index in [9.17, 15) is 14.4 Å². The zero-order valence-electron chi connectivity index (χ0n) is 12.2. The zero-order valence-corrected chi connectivity index (χ0v) is 12.2. The monoisotopic (exact) mass is 307 g/mol. The summed E-state index contributed by atoms with van der Waals surface area (Å²) in [5.74, 6) is -1.24. The first kappa shape index (κ1) is 14.6. The molecule has 2 aromatic rings. The SMILES string of the molecule is C=CCNC(=O)c1cccc(N2C(=O)c3cccnc3C2=O)c1. The predicted molar refractivity (Wildman–Crippen MR) is 84.3 cm³/mol. The molecular formula is C17H13N3O3. The molecule has 1 aromatic carbocycles. The summed E-state index contributed by atoms with van der Waals surface area (Å²) >= 11 is 0. The lowest BCUT2D eigenvalue weighted by molar-refractivity contribution is 0.0919. The average Bonchev–Trinajstić information content (AvgIpc) is 2.84. The molecule has 6 heteroatoms. The van der Waals surface area contributed by atoms with E-state index in [0.717, 1.165) is 4.90 Å². The van der Waals surface area contributed by atoms with Crippen LogP contribution in [-0.4, -0.2) is 29.3 Å². The van der Waals surface area contributed by atoms with Crippen molar-refractivity contribution in [3.63, 3.8) is 0 Å². The fourth-order valence-corrected chi connectivity index (χ4v) is 2.35. The molecule has 0 unspecified atom stereocenters. The van der Waals surface area contributed by atoms with E-state index in [2.05, 4.69) is 16.9 Å². The molecule has 1 aromatic heterocycles. The molecule has 3 rings (SSSR count). The number of carbonyl (C=O) groups excluding carboxylic acids is 3. The van der Waals surface area contributed by atoms with Crippen molar-refractivity contribution in [2.45, 2.75) is 0 Å². The van der Waals surface area contributed by atoms with Crippen LogP contribution in [0.4, 0.5) is 5.69 Å². The van der Waals surface area contributed by atoms with Gasteiger partial charge in [0.15, 0.2) is 0 Å². The van der Waals surface area contributed by atoms with Gasteiger partial charge < -0.3 is 5.32 Å². The minimum absolute atomic E-state index is 0.124. The minimum Gasteiger partial charge on any atom is -0.349 e. The molecule has 0 saturated carbocycles. The Morgan fingerprint density at radius 1 is 1.22 bits per heavy atom. The maximum Gasteiger partial charge on any atom is 0.284 e. The number of nitrogens with one attached hydrogen (secondary N) is 1. The lowest BCUT2D eigenvalue weighted by Gasteiger charge is -2.14. The van der Waals surface area contributed by atoms with Gasteiger partial charge >= 0.3 is 0 Å². The molecule has 114 valence electrons. The Hall–Kier alpha value is -3.28. The van der Waals surface area contributed by atoms with Crippen LogP contribution in [0.2, 0.25) is 0 Å². The Morgan fingerprint density at radius 2 is 2.04 bits per heavy atom. The number of aromatic nitrogens is 1. The third-order valence-corrected chi connectivity index (χ3v) is 3.42. The number of amides is 3. The molecule has 0 aliphatic carbocycles. The fourth-order valence-electron chi connectivity index (χ4n) is 2.35. The maximum absolute atomic E-state index is 12.4. The summed E-state index contributed by atoms with van der Waals surface area (Å²) in [6.07, 6.45) is 3.03. The van der Waals surface area contributed by atoms with Crippen molar-refractivity contribution in [3.8, 4) is 0 Å². The molecule has 0 saturated heterocycles. The molecule has 0 radical (unpaired) electrons. The van der Waals surface area contributed by atoms with Crippen LogP contribution in [0.3, 0.4) is 0 Å². The predicted octanol–water partition coefficient (Wildman–Crippen LogP) is 1.80. The van der Waals surface area contributed by atoms with E-state index in [1.54, 1.807) is 36.4 Å². The van der Waals surface area contributed by atoms with Gasteiger partial charge in [0.2, 0.25) is 0 Å². The maximum atomic E-state index is 12.4. The van der Waals surface area contributed by atoms with Crippen molar-refractivity contribution in [1.29, 1.82) is 0 Å². The van der Waals surface area contributed by atoms with Gasteiger partial charge in [-0.25, -0.2) is 4.90 Å². The second-order valence-electron chi connectivity index (χ2n) is 4.89. The Kier molecular flexibility index (Phi) is 3.72. The molecule has 2 heterocycles. The number of anilines is 1. The van der Waals surface area contributed by atoms with Gasteiger partial charge in [-0.2, -0.15) is 0 Å². The van der Waals surface area contributed by atoms with E-state index in [0.29, 0.717) is 17.8 Å². The highest BCUT2D eigenvalue weighted by molar-refractivity contribution is 6.33. The van der Waals surface area contributed by atoms with Gasteiger partial charge in [0.1, 0.15) is 5.69 Å². The van der Waals surface area contributed by atoms with Gasteiger partial charge in [-0.3, -0.25) is 19.4 Å². The van der Waals surface area contributed by atoms with Gasteiger partial charge in [0, 0.05) is 18.3 Å². The smallest absolute Gasteiger partial charge is 0.284 e. The van der Waals surface area contributed by atoms with E-state index in [1.807, 2.05) is 0 Å². The number of nitrogens with zero attached hydrogens (tertiary/aromatic N) is 2. The van der Waals surface area contributed by atoms with E-state index in [4.69, 9.17) is 0 Å². The van der Waals surface area contributed by atoms with Gasteiger partial charge in [-0.15, -0.1) is 6.58 Å². The van der Waals surface area contributed by atoms with Gasteiger partial charge in [-0.05, 0) is 30.3 Å². The van der Waals surface area contributed by atoms with Crippen molar-refractivity contribution in [2.75, 3.05) is 11.4 Å². The minimum atomic E-state index is -0.491. The van der Waals surface area contributed by atoms with E-state index < -0.39 is 11.8 Å². The van der Waals surface area contributed by atoms with Crippen molar-refractivity contribution in [3.05, 3.63) is 72.1 Å². The topological polar surface area (TPSA) is 79.4 Å². The highest BCUT2D eigenvalue weighted by Gasteiger charge is 2.37. The molecule has 6 nitrogen and oxygen atoms in total. The molecule has 0 fully saturated rings. The molecule has 1 aliphatic rings. The van der Waals surface area contributed by atoms with Gasteiger partial charge in [0.05, 0.1) is 11.3 Å². The first-order valence-corrected chi connectivity index (χ1v) is 6.96. The Bertz CT molecular complexity index is 794. The zero-order chi connectivity index (χ0) is 16.4. The van der Waals surface area contributed by atoms with Gasteiger partial charge in [-0.1, -0.05) is 12.1 Å². The molecule has 0 bridgehead atoms. The van der Waals surface area contributed by atoms with Crippen LogP contribution in [0.5, 0.6) is 0 Å². The highest BCUT2D eigenvalue weighted by Crippen LogP contribution is 2.27. The third-order valence-electron chi connectivity index (χ3n) is 3.42. The van der Waals surface area contributed by atoms with E-state index in [-0.39, 0.29) is 17.2 Å². The number of pyridine rings is 1. The summed E-state index contributed by atoms with van der Waals surface area (Å²) in [5.41, 5.74) is 1.08. The summed E-state index contributed by atoms with van der Waals surface area (Å²) in [7, 11) is 0. The second kappa shape index (κ2) is 5.84. The molecule has 23 heavy (non-hydrogen) atoms. The Balaban J connectivity index is 1.95. The van der Waals surface area contributed by atoms with Crippen LogP contribution in [0.1, 0.15) is 31.2 Å². The molecule has 0 atom stereocenters. The van der Waals surface area contributed by atoms with E-state index >= 15 is 0 Å². The number of hydrogen-bond acceptors (Lipinski definition) is 4. The molecule has 1 aliphatic heterocycles. The fraction of sp³-hybridized carbons (Fsp3) is 0.0588. The van der Waals surface area contributed by atoms with Crippen LogP contribution in [0, 0.1) is 0 Å². The Morgan fingerprint density at radius 3 is 2.78 bits per heavy atom. The van der Waals surface area contributed by atoms with Crippen LogP contribution in [0.25, 0.3) is 0 Å². The lowest BCUT2D eigenvalue weighted by atomic mass is 10.1. The van der Waals surface area contributed by atoms with Crippen LogP contribution in [-0.2, 0) is 0 Å². The normalized spacial score (nSPS) is 13.0. The summed E-state index contributed by atoms with van der Waals surface area (Å²) < 4.78 is 0. The van der Waals surface area contributed by atoms with Crippen LogP contribution >= 0.6 is 0 Å². The number of carbonyl (C=O) groups is 3. The van der Waals surface area contributed by atoms with Crippen LogP contribution in [0.15, 0.2) is 55.3 Å². The molecule has 0 spiro atoms. The third kappa shape index (κ3) is 2.50. The number of fused-ring (bicyclic) bond motifs is 1. The summed E-state index contributed by atoms with van der Waals surface area (Å²) in [6.45, 7) is 3.86. The quantitative estimate of drug-likeness (QED) is 0.690. The first-order valence-electron chi connectivity index (χ1n) is 6.96. The second-order valence-corrected chi connectivity index (χ2v) is 4.89. The summed E-state index contributed by atoms with van der Waals surface area (Å²) in [4.78, 5) is 41.8. The number of imide groups is 1. The number of rotatable bonds is 4. The Labute approximate surface area is 132 Å². The number of benzene rings is 1. The van der Waals surface area contributed by atoms with Gasteiger partial charge in [0.25, 0.3) is 17.7 Å². The highest BCUT2D eigenvalue weighted by atomic mass is 16.2.